The van der Waals surface area contributed by atoms with Gasteiger partial charge in [0.05, 0.1) is 6.20 Å². The summed E-state index contributed by atoms with van der Waals surface area (Å²) < 4.78 is 13.2. The van der Waals surface area contributed by atoms with Crippen LogP contribution in [0.2, 0.25) is 0 Å². The van der Waals surface area contributed by atoms with Crippen LogP contribution < -0.4 is 10.2 Å². The average molecular weight is 239 g/mol. The number of pyridine rings is 1. The monoisotopic (exact) mass is 239 g/mol. The highest BCUT2D eigenvalue weighted by molar-refractivity contribution is 5.47. The summed E-state index contributed by atoms with van der Waals surface area (Å²) in [6.45, 7) is 7.82. The zero-order valence-corrected chi connectivity index (χ0v) is 11.1. The molecule has 1 aromatic heterocycles. The summed E-state index contributed by atoms with van der Waals surface area (Å²) in [5, 5.41) is 3.21. The number of rotatable bonds is 6. The van der Waals surface area contributed by atoms with Crippen LogP contribution in [0.4, 0.5) is 10.2 Å². The topological polar surface area (TPSA) is 28.2 Å². The van der Waals surface area contributed by atoms with E-state index in [2.05, 4.69) is 29.0 Å². The Hall–Kier alpha value is -1.16. The highest BCUT2D eigenvalue weighted by Crippen LogP contribution is 2.20. The Morgan fingerprint density at radius 1 is 1.47 bits per heavy atom. The van der Waals surface area contributed by atoms with Gasteiger partial charge in [0.25, 0.3) is 0 Å². The Bertz CT molecular complexity index is 355. The van der Waals surface area contributed by atoms with Crippen LogP contribution in [-0.2, 0) is 6.54 Å². The number of halogens is 1. The van der Waals surface area contributed by atoms with Crippen LogP contribution in [0.15, 0.2) is 12.3 Å². The first-order valence-corrected chi connectivity index (χ1v) is 6.18. The highest BCUT2D eigenvalue weighted by Gasteiger charge is 2.14. The van der Waals surface area contributed by atoms with E-state index in [1.807, 2.05) is 14.0 Å². The lowest BCUT2D eigenvalue weighted by molar-refractivity contribution is 0.606. The summed E-state index contributed by atoms with van der Waals surface area (Å²) in [6, 6.07) is 1.96. The van der Waals surface area contributed by atoms with Crippen LogP contribution in [0.5, 0.6) is 0 Å². The molecule has 0 radical (unpaired) electrons. The van der Waals surface area contributed by atoms with Crippen molar-refractivity contribution in [3.8, 4) is 0 Å². The molecular formula is C13H22FN3. The summed E-state index contributed by atoms with van der Waals surface area (Å²) >= 11 is 0. The summed E-state index contributed by atoms with van der Waals surface area (Å²) in [6.07, 6.45) is 2.32. The van der Waals surface area contributed by atoms with E-state index in [9.17, 15) is 4.39 Å². The average Bonchev–Trinajstić information content (AvgIpc) is 2.34. The van der Waals surface area contributed by atoms with E-state index in [1.165, 1.54) is 6.20 Å². The zero-order valence-electron chi connectivity index (χ0n) is 11.1. The molecule has 0 fully saturated rings. The van der Waals surface area contributed by atoms with Crippen molar-refractivity contribution in [2.45, 2.75) is 39.8 Å². The number of nitrogens with one attached hydrogen (secondary N) is 1. The maximum Gasteiger partial charge on any atom is 0.141 e. The van der Waals surface area contributed by atoms with E-state index in [-0.39, 0.29) is 5.82 Å². The lowest BCUT2D eigenvalue weighted by Gasteiger charge is -2.27. The van der Waals surface area contributed by atoms with Crippen molar-refractivity contribution in [2.24, 2.45) is 0 Å². The van der Waals surface area contributed by atoms with Crippen LogP contribution in [0, 0.1) is 5.82 Å². The molecule has 0 aliphatic carbocycles. The third kappa shape index (κ3) is 3.66. The maximum atomic E-state index is 13.2. The number of hydrogen-bond acceptors (Lipinski definition) is 3. The van der Waals surface area contributed by atoms with Gasteiger partial charge < -0.3 is 10.2 Å². The van der Waals surface area contributed by atoms with E-state index in [0.717, 1.165) is 24.3 Å². The van der Waals surface area contributed by atoms with Crippen molar-refractivity contribution < 1.29 is 4.39 Å². The molecule has 17 heavy (non-hydrogen) atoms. The lowest BCUT2D eigenvalue weighted by Crippen LogP contribution is -2.30. The Labute approximate surface area is 103 Å². The molecular weight excluding hydrogens is 217 g/mol. The van der Waals surface area contributed by atoms with E-state index >= 15 is 0 Å². The van der Waals surface area contributed by atoms with Crippen LogP contribution in [-0.4, -0.2) is 24.6 Å². The van der Waals surface area contributed by atoms with Crippen molar-refractivity contribution in [1.29, 1.82) is 0 Å². The molecule has 0 spiro atoms. The Morgan fingerprint density at radius 2 is 2.18 bits per heavy atom. The molecule has 0 amide bonds. The second-order valence-corrected chi connectivity index (χ2v) is 4.28. The molecule has 4 heteroatoms. The van der Waals surface area contributed by atoms with Crippen LogP contribution in [0.1, 0.15) is 32.8 Å². The van der Waals surface area contributed by atoms with Gasteiger partial charge in [-0.1, -0.05) is 13.8 Å². The van der Waals surface area contributed by atoms with E-state index in [1.54, 1.807) is 6.07 Å². The van der Waals surface area contributed by atoms with Gasteiger partial charge in [-0.15, -0.1) is 0 Å². The molecule has 1 aromatic rings. The third-order valence-electron chi connectivity index (χ3n) is 3.06. The number of nitrogens with zero attached hydrogens (tertiary/aromatic N) is 2. The molecule has 1 rings (SSSR count). The summed E-state index contributed by atoms with van der Waals surface area (Å²) in [7, 11) is 2.00. The quantitative estimate of drug-likeness (QED) is 0.827. The first-order valence-electron chi connectivity index (χ1n) is 6.18. The Morgan fingerprint density at radius 3 is 2.76 bits per heavy atom. The molecule has 3 nitrogen and oxygen atoms in total. The van der Waals surface area contributed by atoms with Crippen molar-refractivity contribution in [2.75, 3.05) is 18.5 Å². The molecule has 0 saturated heterocycles. The van der Waals surface area contributed by atoms with Crippen LogP contribution in [0.3, 0.4) is 0 Å². The van der Waals surface area contributed by atoms with Gasteiger partial charge >= 0.3 is 0 Å². The molecule has 0 aliphatic rings. The van der Waals surface area contributed by atoms with Crippen LogP contribution in [0.25, 0.3) is 0 Å². The fraction of sp³-hybridized carbons (Fsp3) is 0.615. The van der Waals surface area contributed by atoms with Crippen LogP contribution >= 0.6 is 0 Å². The smallest absolute Gasteiger partial charge is 0.141 e. The van der Waals surface area contributed by atoms with Gasteiger partial charge in [0.1, 0.15) is 11.6 Å². The van der Waals surface area contributed by atoms with Gasteiger partial charge in [-0.25, -0.2) is 9.37 Å². The van der Waals surface area contributed by atoms with E-state index in [0.29, 0.717) is 12.6 Å². The third-order valence-corrected chi connectivity index (χ3v) is 3.06. The van der Waals surface area contributed by atoms with Gasteiger partial charge in [-0.05, 0) is 26.0 Å². The normalized spacial score (nSPS) is 12.5. The lowest BCUT2D eigenvalue weighted by atomic mass is 10.2. The molecule has 1 unspecified atom stereocenters. The molecule has 1 N–H and O–H groups in total. The molecule has 1 atom stereocenters. The summed E-state index contributed by atoms with van der Waals surface area (Å²) in [5.74, 6) is 0.584. The van der Waals surface area contributed by atoms with Gasteiger partial charge in [0, 0.05) is 25.2 Å². The van der Waals surface area contributed by atoms with Gasteiger partial charge in [0.15, 0.2) is 0 Å². The Kier molecular flexibility index (Phi) is 5.35. The van der Waals surface area contributed by atoms with E-state index in [4.69, 9.17) is 0 Å². The minimum Gasteiger partial charge on any atom is -0.357 e. The van der Waals surface area contributed by atoms with Gasteiger partial charge in [-0.3, -0.25) is 0 Å². The molecule has 0 aliphatic heterocycles. The maximum absolute atomic E-state index is 13.2. The standard InChI is InChI=1S/C13H22FN3/c1-5-10(3)17(4)13-11(8-15-6-2)7-12(14)9-16-13/h7,9-10,15H,5-6,8H2,1-4H3. The number of aromatic nitrogens is 1. The number of anilines is 1. The van der Waals surface area contributed by atoms with Crippen molar-refractivity contribution >= 4 is 5.82 Å². The van der Waals surface area contributed by atoms with Crippen molar-refractivity contribution in [3.05, 3.63) is 23.6 Å². The number of hydrogen-bond donors (Lipinski definition) is 1. The predicted octanol–water partition coefficient (Wildman–Crippen LogP) is 2.56. The summed E-state index contributed by atoms with van der Waals surface area (Å²) in [4.78, 5) is 6.31. The van der Waals surface area contributed by atoms with Crippen molar-refractivity contribution in [1.82, 2.24) is 10.3 Å². The fourth-order valence-corrected chi connectivity index (χ4v) is 1.66. The molecule has 0 saturated carbocycles. The molecule has 1 heterocycles. The second-order valence-electron chi connectivity index (χ2n) is 4.28. The zero-order chi connectivity index (χ0) is 12.8. The van der Waals surface area contributed by atoms with Crippen molar-refractivity contribution in [3.63, 3.8) is 0 Å². The first kappa shape index (κ1) is 13.9. The molecule has 96 valence electrons. The van der Waals surface area contributed by atoms with Gasteiger partial charge in [-0.2, -0.15) is 0 Å². The minimum atomic E-state index is -0.279. The largest absolute Gasteiger partial charge is 0.357 e. The molecule has 0 bridgehead atoms. The summed E-state index contributed by atoms with van der Waals surface area (Å²) in [5.41, 5.74) is 0.912. The first-order chi connectivity index (χ1) is 8.10. The Balaban J connectivity index is 2.96. The highest BCUT2D eigenvalue weighted by atomic mass is 19.1. The second kappa shape index (κ2) is 6.55. The predicted molar refractivity (Wildman–Crippen MR) is 69.7 cm³/mol. The van der Waals surface area contributed by atoms with Gasteiger partial charge in [0.2, 0.25) is 0 Å². The fourth-order valence-electron chi connectivity index (χ4n) is 1.66. The SMILES string of the molecule is CCNCc1cc(F)cnc1N(C)C(C)CC. The molecule has 0 aromatic carbocycles. The van der Waals surface area contributed by atoms with E-state index < -0.39 is 0 Å². The minimum absolute atomic E-state index is 0.279.